The maximum Gasteiger partial charge on any atom is 0.240 e. The lowest BCUT2D eigenvalue weighted by Crippen LogP contribution is -2.26. The fraction of sp³-hybridized carbons (Fsp3) is 0.160. The van der Waals surface area contributed by atoms with Crippen LogP contribution in [0.15, 0.2) is 77.3 Å². The van der Waals surface area contributed by atoms with Gasteiger partial charge in [0.05, 0.1) is 16.3 Å². The normalized spacial score (nSPS) is 11.7. The minimum atomic E-state index is -3.54. The third-order valence-corrected chi connectivity index (χ3v) is 7.77. The summed E-state index contributed by atoms with van der Waals surface area (Å²) in [4.78, 5) is 14.8. The second-order valence-electron chi connectivity index (χ2n) is 8.17. The summed E-state index contributed by atoms with van der Waals surface area (Å²) in [5, 5.41) is 15.1. The van der Waals surface area contributed by atoms with E-state index in [0.717, 1.165) is 21.8 Å². The SMILES string of the molecule is Cc1ccc(S(=O)(=O)NCCCNc2nccc(-c3c(-c4cccc(O)c4)nc4sccn34)n2)cc1. The fourth-order valence-electron chi connectivity index (χ4n) is 3.76. The van der Waals surface area contributed by atoms with Gasteiger partial charge in [0.25, 0.3) is 0 Å². The molecule has 36 heavy (non-hydrogen) atoms. The zero-order valence-electron chi connectivity index (χ0n) is 19.4. The summed E-state index contributed by atoms with van der Waals surface area (Å²) >= 11 is 1.51. The number of nitrogens with one attached hydrogen (secondary N) is 2. The van der Waals surface area contributed by atoms with Gasteiger partial charge in [0.15, 0.2) is 4.96 Å². The molecule has 5 rings (SSSR count). The molecule has 3 heterocycles. The lowest BCUT2D eigenvalue weighted by molar-refractivity contribution is 0.475. The van der Waals surface area contributed by atoms with Gasteiger partial charge in [-0.1, -0.05) is 29.8 Å². The van der Waals surface area contributed by atoms with E-state index < -0.39 is 10.0 Å². The van der Waals surface area contributed by atoms with Crippen LogP contribution < -0.4 is 10.0 Å². The van der Waals surface area contributed by atoms with Gasteiger partial charge in [-0.2, -0.15) is 0 Å². The van der Waals surface area contributed by atoms with E-state index in [0.29, 0.717) is 30.3 Å². The van der Waals surface area contributed by atoms with Crippen molar-refractivity contribution in [1.82, 2.24) is 24.1 Å². The Bertz CT molecular complexity index is 1610. The number of hydrogen-bond acceptors (Lipinski definition) is 8. The van der Waals surface area contributed by atoms with E-state index in [1.165, 1.54) is 11.3 Å². The molecule has 0 fully saturated rings. The molecule has 3 N–H and O–H groups in total. The molecule has 9 nitrogen and oxygen atoms in total. The van der Waals surface area contributed by atoms with Crippen LogP contribution in [0.3, 0.4) is 0 Å². The van der Waals surface area contributed by atoms with Crippen LogP contribution in [0, 0.1) is 6.92 Å². The van der Waals surface area contributed by atoms with E-state index in [-0.39, 0.29) is 17.2 Å². The Morgan fingerprint density at radius 2 is 1.89 bits per heavy atom. The van der Waals surface area contributed by atoms with Gasteiger partial charge >= 0.3 is 0 Å². The monoisotopic (exact) mass is 520 g/mol. The molecule has 0 radical (unpaired) electrons. The number of sulfonamides is 1. The Morgan fingerprint density at radius 3 is 2.69 bits per heavy atom. The summed E-state index contributed by atoms with van der Waals surface area (Å²) in [6.45, 7) is 2.68. The summed E-state index contributed by atoms with van der Waals surface area (Å²) in [6, 6.07) is 15.5. The van der Waals surface area contributed by atoms with E-state index >= 15 is 0 Å². The molecule has 2 aromatic carbocycles. The Morgan fingerprint density at radius 1 is 1.06 bits per heavy atom. The predicted octanol–water partition coefficient (Wildman–Crippen LogP) is 4.31. The second kappa shape index (κ2) is 10.1. The number of nitrogens with zero attached hydrogens (tertiary/aromatic N) is 4. The van der Waals surface area contributed by atoms with E-state index in [1.54, 1.807) is 48.7 Å². The van der Waals surface area contributed by atoms with Crippen LogP contribution in [0.1, 0.15) is 12.0 Å². The summed E-state index contributed by atoms with van der Waals surface area (Å²) in [5.74, 6) is 0.596. The lowest BCUT2D eigenvalue weighted by atomic mass is 10.1. The van der Waals surface area contributed by atoms with Crippen LogP contribution in [-0.4, -0.2) is 46.0 Å². The average molecular weight is 521 g/mol. The van der Waals surface area contributed by atoms with Crippen LogP contribution in [0.4, 0.5) is 5.95 Å². The van der Waals surface area contributed by atoms with Crippen LogP contribution in [0.5, 0.6) is 5.75 Å². The van der Waals surface area contributed by atoms with Crippen LogP contribution in [-0.2, 0) is 10.0 Å². The van der Waals surface area contributed by atoms with Gasteiger partial charge < -0.3 is 10.4 Å². The second-order valence-corrected chi connectivity index (χ2v) is 10.8. The van der Waals surface area contributed by atoms with Crippen LogP contribution >= 0.6 is 11.3 Å². The number of thiazole rings is 1. The number of phenolic OH excluding ortho intramolecular Hbond substituents is 1. The molecule has 0 aliphatic heterocycles. The van der Waals surface area contributed by atoms with E-state index in [4.69, 9.17) is 4.98 Å². The fourth-order valence-corrected chi connectivity index (χ4v) is 5.54. The highest BCUT2D eigenvalue weighted by atomic mass is 32.2. The number of aryl methyl sites for hydroxylation is 1. The number of benzene rings is 2. The van der Waals surface area contributed by atoms with Crippen LogP contribution in [0.2, 0.25) is 0 Å². The Kier molecular flexibility index (Phi) is 6.68. The summed E-state index contributed by atoms with van der Waals surface area (Å²) in [7, 11) is -3.54. The molecule has 0 aliphatic rings. The Labute approximate surface area is 212 Å². The number of fused-ring (bicyclic) bond motifs is 1. The number of aromatic hydroxyl groups is 1. The molecule has 0 saturated carbocycles. The minimum absolute atomic E-state index is 0.165. The maximum atomic E-state index is 12.4. The van der Waals surface area contributed by atoms with Crippen molar-refractivity contribution in [2.75, 3.05) is 18.4 Å². The van der Waals surface area contributed by atoms with Crippen molar-refractivity contribution in [3.05, 3.63) is 77.9 Å². The van der Waals surface area contributed by atoms with Gasteiger partial charge in [0.1, 0.15) is 11.4 Å². The van der Waals surface area contributed by atoms with E-state index in [2.05, 4.69) is 20.0 Å². The molecule has 0 saturated heterocycles. The smallest absolute Gasteiger partial charge is 0.240 e. The van der Waals surface area contributed by atoms with Gasteiger partial charge in [0, 0.05) is 36.4 Å². The summed E-state index contributed by atoms with van der Waals surface area (Å²) in [6.07, 6.45) is 4.15. The van der Waals surface area contributed by atoms with Crippen molar-refractivity contribution in [3.63, 3.8) is 0 Å². The van der Waals surface area contributed by atoms with Crippen LogP contribution in [0.25, 0.3) is 27.6 Å². The third-order valence-electron chi connectivity index (χ3n) is 5.54. The highest BCUT2D eigenvalue weighted by molar-refractivity contribution is 7.89. The Hall–Kier alpha value is -3.80. The van der Waals surface area contributed by atoms with Crippen molar-refractivity contribution in [1.29, 1.82) is 0 Å². The standard InChI is InChI=1S/C25H24N6O3S2/c1-17-6-8-20(9-7-17)36(33,34)28-12-3-11-26-24-27-13-10-21(29-24)23-22(18-4-2-5-19(32)16-18)30-25-31(23)14-15-35-25/h2,4-10,13-16,28,32H,3,11-12H2,1H3,(H,26,27,29). The topological polar surface area (TPSA) is 122 Å². The van der Waals surface area contributed by atoms with Gasteiger partial charge in [0.2, 0.25) is 16.0 Å². The third kappa shape index (κ3) is 5.08. The zero-order valence-corrected chi connectivity index (χ0v) is 21.1. The number of imidazole rings is 1. The number of hydrogen-bond donors (Lipinski definition) is 3. The molecular formula is C25H24N6O3S2. The molecule has 11 heteroatoms. The summed E-state index contributed by atoms with van der Waals surface area (Å²) < 4.78 is 29.4. The Balaban J connectivity index is 1.28. The van der Waals surface area contributed by atoms with Crippen molar-refractivity contribution >= 4 is 32.3 Å². The summed E-state index contributed by atoms with van der Waals surface area (Å²) in [5.41, 5.74) is 3.98. The molecule has 184 valence electrons. The first-order chi connectivity index (χ1) is 17.4. The maximum absolute atomic E-state index is 12.4. The van der Waals surface area contributed by atoms with Gasteiger partial charge in [-0.25, -0.2) is 28.1 Å². The minimum Gasteiger partial charge on any atom is -0.508 e. The molecule has 0 spiro atoms. The highest BCUT2D eigenvalue weighted by Crippen LogP contribution is 2.34. The molecule has 3 aromatic heterocycles. The molecule has 0 unspecified atom stereocenters. The van der Waals surface area contributed by atoms with Crippen molar-refractivity contribution in [2.45, 2.75) is 18.2 Å². The lowest BCUT2D eigenvalue weighted by Gasteiger charge is -2.09. The molecule has 0 bridgehead atoms. The van der Waals surface area contributed by atoms with E-state index in [1.807, 2.05) is 35.0 Å². The number of aromatic nitrogens is 4. The number of phenols is 1. The number of anilines is 1. The molecular weight excluding hydrogens is 496 g/mol. The van der Waals surface area contributed by atoms with E-state index in [9.17, 15) is 13.5 Å². The van der Waals surface area contributed by atoms with Crippen molar-refractivity contribution in [2.24, 2.45) is 0 Å². The largest absolute Gasteiger partial charge is 0.508 e. The quantitative estimate of drug-likeness (QED) is 0.248. The first-order valence-electron chi connectivity index (χ1n) is 11.3. The average Bonchev–Trinajstić information content (AvgIpc) is 3.46. The predicted molar refractivity (Wildman–Crippen MR) is 141 cm³/mol. The zero-order chi connectivity index (χ0) is 25.1. The highest BCUT2D eigenvalue weighted by Gasteiger charge is 2.19. The first kappa shape index (κ1) is 23.9. The van der Waals surface area contributed by atoms with Gasteiger partial charge in [-0.15, -0.1) is 11.3 Å². The molecule has 5 aromatic rings. The molecule has 0 aliphatic carbocycles. The number of rotatable bonds is 9. The van der Waals surface area contributed by atoms with Gasteiger partial charge in [-0.05, 0) is 43.7 Å². The van der Waals surface area contributed by atoms with Gasteiger partial charge in [-0.3, -0.25) is 4.40 Å². The molecule has 0 atom stereocenters. The van der Waals surface area contributed by atoms with Crippen molar-refractivity contribution in [3.8, 4) is 28.4 Å². The molecule has 0 amide bonds. The first-order valence-corrected chi connectivity index (χ1v) is 13.7. The van der Waals surface area contributed by atoms with Crippen molar-refractivity contribution < 1.29 is 13.5 Å².